The van der Waals surface area contributed by atoms with Crippen LogP contribution < -0.4 is 9.46 Å². The molecule has 9 nitrogen and oxygen atoms in total. The summed E-state index contributed by atoms with van der Waals surface area (Å²) in [6, 6.07) is 3.18. The molecular weight excluding hydrogens is 480 g/mol. The van der Waals surface area contributed by atoms with E-state index in [-0.39, 0.29) is 36.2 Å². The first-order valence-corrected chi connectivity index (χ1v) is 13.7. The first-order valence-electron chi connectivity index (χ1n) is 12.0. The molecule has 36 heavy (non-hydrogen) atoms. The molecule has 2 heterocycles. The Labute approximate surface area is 213 Å². The molecule has 196 valence electrons. The van der Waals surface area contributed by atoms with Gasteiger partial charge in [-0.3, -0.25) is 10.2 Å². The molecule has 10 heteroatoms. The monoisotopic (exact) mass is 516 g/mol. The summed E-state index contributed by atoms with van der Waals surface area (Å²) < 4.78 is 32.2. The highest BCUT2D eigenvalue weighted by Gasteiger charge is 2.32. The number of rotatable bonds is 9. The van der Waals surface area contributed by atoms with E-state index in [1.807, 2.05) is 41.5 Å². The summed E-state index contributed by atoms with van der Waals surface area (Å²) in [7, 11) is -3.49. The van der Waals surface area contributed by atoms with Crippen molar-refractivity contribution in [2.24, 2.45) is 0 Å². The molecule has 0 fully saturated rings. The number of ether oxygens (including phenoxy) is 1. The van der Waals surface area contributed by atoms with Gasteiger partial charge in [-0.15, -0.1) is 0 Å². The van der Waals surface area contributed by atoms with Gasteiger partial charge in [0.2, 0.25) is 10.0 Å². The molecule has 0 unspecified atom stereocenters. The second kappa shape index (κ2) is 10.2. The van der Waals surface area contributed by atoms with Crippen molar-refractivity contribution in [1.29, 1.82) is 5.41 Å². The number of phenolic OH excluding ortho intramolecular Hbond substituents is 1. The average molecular weight is 517 g/mol. The van der Waals surface area contributed by atoms with Crippen LogP contribution in [0, 0.1) is 19.3 Å². The first kappa shape index (κ1) is 27.6. The summed E-state index contributed by atoms with van der Waals surface area (Å²) >= 11 is 0. The van der Waals surface area contributed by atoms with Crippen molar-refractivity contribution in [3.05, 3.63) is 51.3 Å². The lowest BCUT2D eigenvalue weighted by Gasteiger charge is -2.24. The number of nitrogens with zero attached hydrogens (tertiary/aromatic N) is 2. The predicted octanol–water partition coefficient (Wildman–Crippen LogP) is 3.56. The summed E-state index contributed by atoms with van der Waals surface area (Å²) in [6.07, 6.45) is 0. The Balaban J connectivity index is 1.92. The first-order chi connectivity index (χ1) is 16.7. The Morgan fingerprint density at radius 1 is 1.25 bits per heavy atom. The summed E-state index contributed by atoms with van der Waals surface area (Å²) in [5.41, 5.74) is 3.80. The Hall–Kier alpha value is -2.98. The van der Waals surface area contributed by atoms with Crippen molar-refractivity contribution in [2.45, 2.75) is 67.0 Å². The lowest BCUT2D eigenvalue weighted by atomic mass is 9.83. The minimum Gasteiger partial charge on any atom is -0.507 e. The fourth-order valence-electron chi connectivity index (χ4n) is 4.29. The number of sulfonamides is 1. The SMILES string of the molecule is CCOc1c(C)nc2c(c1C)CN(CC(=O)c1cc(CNS(=O)(=O)CC)c(O)c(C(C)(C)C)c1)C2=N. The van der Waals surface area contributed by atoms with Gasteiger partial charge < -0.3 is 14.7 Å². The van der Waals surface area contributed by atoms with Crippen LogP contribution >= 0.6 is 0 Å². The molecule has 0 spiro atoms. The number of aromatic nitrogens is 1. The highest BCUT2D eigenvalue weighted by molar-refractivity contribution is 7.89. The average Bonchev–Trinajstić information content (AvgIpc) is 3.10. The lowest BCUT2D eigenvalue weighted by Crippen LogP contribution is -2.31. The second-order valence-corrected chi connectivity index (χ2v) is 12.1. The summed E-state index contributed by atoms with van der Waals surface area (Å²) in [4.78, 5) is 19.7. The van der Waals surface area contributed by atoms with E-state index in [0.717, 1.165) is 11.1 Å². The topological polar surface area (TPSA) is 133 Å². The van der Waals surface area contributed by atoms with Gasteiger partial charge in [0, 0.05) is 40.9 Å². The maximum Gasteiger partial charge on any atom is 0.211 e. The molecule has 0 bridgehead atoms. The summed E-state index contributed by atoms with van der Waals surface area (Å²) in [6.45, 7) is 13.7. The number of carbonyl (C=O) groups excluding carboxylic acids is 1. The number of pyridine rings is 1. The van der Waals surface area contributed by atoms with Gasteiger partial charge in [-0.05, 0) is 45.2 Å². The number of nitrogens with one attached hydrogen (secondary N) is 2. The normalized spacial score (nSPS) is 13.8. The number of aryl methyl sites for hydroxylation is 1. The molecule has 1 aromatic heterocycles. The molecule has 0 radical (unpaired) electrons. The number of hydrogen-bond donors (Lipinski definition) is 3. The van der Waals surface area contributed by atoms with Crippen LogP contribution in [0.4, 0.5) is 0 Å². The molecule has 3 rings (SSSR count). The Kier molecular flexibility index (Phi) is 7.80. The maximum atomic E-state index is 13.4. The molecule has 0 saturated carbocycles. The number of hydrogen-bond acceptors (Lipinski definition) is 7. The molecule has 1 aliphatic rings. The fraction of sp³-hybridized carbons (Fsp3) is 0.500. The summed E-state index contributed by atoms with van der Waals surface area (Å²) in [5.74, 6) is 0.534. The Bertz CT molecular complexity index is 1310. The van der Waals surface area contributed by atoms with Gasteiger partial charge in [-0.25, -0.2) is 18.1 Å². The van der Waals surface area contributed by atoms with Crippen LogP contribution in [-0.2, 0) is 28.5 Å². The van der Waals surface area contributed by atoms with Gasteiger partial charge in [0.25, 0.3) is 0 Å². The largest absolute Gasteiger partial charge is 0.507 e. The van der Waals surface area contributed by atoms with E-state index >= 15 is 0 Å². The van der Waals surface area contributed by atoms with E-state index in [0.29, 0.717) is 47.0 Å². The minimum absolute atomic E-state index is 0.0297. The van der Waals surface area contributed by atoms with Crippen molar-refractivity contribution in [3.8, 4) is 11.5 Å². The van der Waals surface area contributed by atoms with Gasteiger partial charge in [0.05, 0.1) is 24.6 Å². The number of benzene rings is 1. The van der Waals surface area contributed by atoms with E-state index in [1.54, 1.807) is 11.0 Å². The van der Waals surface area contributed by atoms with Crippen LogP contribution in [0.3, 0.4) is 0 Å². The molecular formula is C26H36N4O5S. The maximum absolute atomic E-state index is 13.4. The number of fused-ring (bicyclic) bond motifs is 1. The zero-order valence-electron chi connectivity index (χ0n) is 22.1. The summed E-state index contributed by atoms with van der Waals surface area (Å²) in [5, 5.41) is 19.5. The molecule has 3 N–H and O–H groups in total. The van der Waals surface area contributed by atoms with Gasteiger partial charge in [-0.2, -0.15) is 0 Å². The molecule has 2 aromatic rings. The molecule has 0 amide bonds. The predicted molar refractivity (Wildman–Crippen MR) is 140 cm³/mol. The number of carbonyl (C=O) groups is 1. The van der Waals surface area contributed by atoms with E-state index in [4.69, 9.17) is 10.1 Å². The quantitative estimate of drug-likeness (QED) is 0.434. The number of Topliss-reactive ketones (excluding diaryl/α,β-unsaturated/α-hetero) is 1. The Morgan fingerprint density at radius 3 is 2.50 bits per heavy atom. The third kappa shape index (κ3) is 5.54. The molecule has 0 saturated heterocycles. The van der Waals surface area contributed by atoms with E-state index in [1.165, 1.54) is 13.0 Å². The van der Waals surface area contributed by atoms with Gasteiger partial charge in [0.1, 0.15) is 23.0 Å². The number of amidine groups is 1. The zero-order chi connectivity index (χ0) is 27.0. The lowest BCUT2D eigenvalue weighted by molar-refractivity contribution is 0.0962. The molecule has 1 aromatic carbocycles. The van der Waals surface area contributed by atoms with Crippen molar-refractivity contribution in [3.63, 3.8) is 0 Å². The van der Waals surface area contributed by atoms with Crippen LogP contribution in [0.25, 0.3) is 0 Å². The highest BCUT2D eigenvalue weighted by atomic mass is 32.2. The fourth-order valence-corrected chi connectivity index (χ4v) is 4.87. The van der Waals surface area contributed by atoms with E-state index in [9.17, 15) is 18.3 Å². The standard InChI is InChI=1S/C26H36N4O5S/c1-8-35-24-15(3)19-13-30(25(27)22(19)29-16(24)4)14-21(31)17-10-18(12-28-36(33,34)9-2)23(32)20(11-17)26(5,6)7/h10-11,27-28,32H,8-9,12-14H2,1-7H3. The van der Waals surface area contributed by atoms with Crippen LogP contribution in [0.1, 0.15) is 78.6 Å². The molecule has 0 aliphatic carbocycles. The van der Waals surface area contributed by atoms with Crippen molar-refractivity contribution in [2.75, 3.05) is 18.9 Å². The molecule has 0 atom stereocenters. The Morgan fingerprint density at radius 2 is 1.92 bits per heavy atom. The van der Waals surface area contributed by atoms with Gasteiger partial charge >= 0.3 is 0 Å². The second-order valence-electron chi connectivity index (χ2n) is 10.0. The number of ketones is 1. The smallest absolute Gasteiger partial charge is 0.211 e. The van der Waals surface area contributed by atoms with Gasteiger partial charge in [-0.1, -0.05) is 20.8 Å². The van der Waals surface area contributed by atoms with Crippen molar-refractivity contribution in [1.82, 2.24) is 14.6 Å². The van der Waals surface area contributed by atoms with Crippen molar-refractivity contribution < 1.29 is 23.1 Å². The third-order valence-electron chi connectivity index (χ3n) is 6.38. The highest BCUT2D eigenvalue weighted by Crippen LogP contribution is 2.36. The van der Waals surface area contributed by atoms with Crippen molar-refractivity contribution >= 4 is 21.6 Å². The zero-order valence-corrected chi connectivity index (χ0v) is 22.9. The van der Waals surface area contributed by atoms with Crippen LogP contribution in [0.2, 0.25) is 0 Å². The molecule has 1 aliphatic heterocycles. The van der Waals surface area contributed by atoms with Crippen LogP contribution in [0.15, 0.2) is 12.1 Å². The van der Waals surface area contributed by atoms with E-state index < -0.39 is 15.4 Å². The number of phenols is 1. The van der Waals surface area contributed by atoms with E-state index in [2.05, 4.69) is 9.71 Å². The van der Waals surface area contributed by atoms with Crippen LogP contribution in [-0.4, -0.2) is 53.9 Å². The third-order valence-corrected chi connectivity index (χ3v) is 7.73. The van der Waals surface area contributed by atoms with Crippen LogP contribution in [0.5, 0.6) is 11.5 Å². The minimum atomic E-state index is -3.49. The number of aromatic hydroxyl groups is 1. The van der Waals surface area contributed by atoms with Gasteiger partial charge in [0.15, 0.2) is 5.78 Å².